The van der Waals surface area contributed by atoms with Gasteiger partial charge in [0.1, 0.15) is 17.6 Å². The topological polar surface area (TPSA) is 71.3 Å². The van der Waals surface area contributed by atoms with Crippen molar-refractivity contribution in [2.45, 2.75) is 39.0 Å². The van der Waals surface area contributed by atoms with Crippen molar-refractivity contribution in [2.24, 2.45) is 0 Å². The summed E-state index contributed by atoms with van der Waals surface area (Å²) >= 11 is 0. The minimum absolute atomic E-state index is 0.135. The van der Waals surface area contributed by atoms with Crippen LogP contribution in [-0.2, 0) is 0 Å². The molecule has 6 nitrogen and oxygen atoms in total. The van der Waals surface area contributed by atoms with Crippen LogP contribution in [0.15, 0.2) is 29.1 Å². The van der Waals surface area contributed by atoms with Crippen LogP contribution in [0.1, 0.15) is 55.1 Å². The lowest BCUT2D eigenvalue weighted by molar-refractivity contribution is 0.102. The highest BCUT2D eigenvalue weighted by atomic mass is 16.5. The number of anilines is 2. The van der Waals surface area contributed by atoms with Gasteiger partial charge in [-0.25, -0.2) is 4.98 Å². The summed E-state index contributed by atoms with van der Waals surface area (Å²) in [5.74, 6) is 0.846. The molecule has 0 aliphatic carbocycles. The average molecular weight is 314 g/mol. The summed E-state index contributed by atoms with van der Waals surface area (Å²) in [6.45, 7) is 6.01. The molecular weight excluding hydrogens is 292 g/mol. The first-order chi connectivity index (χ1) is 11.1. The molecule has 1 fully saturated rings. The lowest BCUT2D eigenvalue weighted by Gasteiger charge is -2.27. The maximum Gasteiger partial charge on any atom is 0.260 e. The quantitative estimate of drug-likeness (QED) is 0.936. The van der Waals surface area contributed by atoms with Gasteiger partial charge in [-0.2, -0.15) is 0 Å². The van der Waals surface area contributed by atoms with E-state index in [1.165, 1.54) is 25.5 Å². The molecular formula is C17H22N4O2. The average Bonchev–Trinajstić information content (AvgIpc) is 3.06. The number of amides is 1. The molecule has 3 heterocycles. The van der Waals surface area contributed by atoms with Crippen LogP contribution in [0.2, 0.25) is 0 Å². The molecule has 23 heavy (non-hydrogen) atoms. The summed E-state index contributed by atoms with van der Waals surface area (Å²) in [5.41, 5.74) is 1.89. The van der Waals surface area contributed by atoms with E-state index < -0.39 is 0 Å². The SMILES string of the molecule is CC(C)c1nocc1C(=O)Nc1ccnc(N2CCCCC2)c1. The Labute approximate surface area is 135 Å². The van der Waals surface area contributed by atoms with Gasteiger partial charge in [0.2, 0.25) is 0 Å². The number of pyridine rings is 1. The largest absolute Gasteiger partial charge is 0.364 e. The van der Waals surface area contributed by atoms with Gasteiger partial charge in [0, 0.05) is 31.0 Å². The summed E-state index contributed by atoms with van der Waals surface area (Å²) in [7, 11) is 0. The van der Waals surface area contributed by atoms with E-state index in [1.54, 1.807) is 12.3 Å². The van der Waals surface area contributed by atoms with Crippen LogP contribution in [0.3, 0.4) is 0 Å². The molecule has 6 heteroatoms. The summed E-state index contributed by atoms with van der Waals surface area (Å²) in [6, 6.07) is 3.72. The molecule has 0 saturated carbocycles. The van der Waals surface area contributed by atoms with Crippen LogP contribution >= 0.6 is 0 Å². The molecule has 1 aliphatic heterocycles. The molecule has 0 aromatic carbocycles. The second-order valence-corrected chi connectivity index (χ2v) is 6.17. The van der Waals surface area contributed by atoms with Crippen molar-refractivity contribution in [3.63, 3.8) is 0 Å². The molecule has 1 saturated heterocycles. The van der Waals surface area contributed by atoms with Crippen LogP contribution in [0.25, 0.3) is 0 Å². The van der Waals surface area contributed by atoms with Crippen molar-refractivity contribution in [3.05, 3.63) is 35.9 Å². The monoisotopic (exact) mass is 314 g/mol. The number of nitrogens with zero attached hydrogens (tertiary/aromatic N) is 3. The van der Waals surface area contributed by atoms with Crippen LogP contribution in [0, 0.1) is 0 Å². The number of piperidine rings is 1. The molecule has 0 spiro atoms. The highest BCUT2D eigenvalue weighted by Crippen LogP contribution is 2.22. The van der Waals surface area contributed by atoms with Crippen molar-refractivity contribution in [1.82, 2.24) is 10.1 Å². The third-order valence-electron chi connectivity index (χ3n) is 4.07. The zero-order valence-corrected chi connectivity index (χ0v) is 13.6. The molecule has 122 valence electrons. The van der Waals surface area contributed by atoms with Gasteiger partial charge in [0.25, 0.3) is 5.91 Å². The van der Waals surface area contributed by atoms with Gasteiger partial charge >= 0.3 is 0 Å². The molecule has 0 atom stereocenters. The van der Waals surface area contributed by atoms with Crippen molar-refractivity contribution in [1.29, 1.82) is 0 Å². The first-order valence-corrected chi connectivity index (χ1v) is 8.12. The van der Waals surface area contributed by atoms with E-state index in [0.717, 1.165) is 24.6 Å². The smallest absolute Gasteiger partial charge is 0.260 e. The van der Waals surface area contributed by atoms with E-state index in [-0.39, 0.29) is 11.8 Å². The predicted molar refractivity (Wildman–Crippen MR) is 88.8 cm³/mol. The highest BCUT2D eigenvalue weighted by Gasteiger charge is 2.19. The fraction of sp³-hybridized carbons (Fsp3) is 0.471. The molecule has 1 amide bonds. The number of carbonyl (C=O) groups is 1. The van der Waals surface area contributed by atoms with E-state index in [0.29, 0.717) is 11.3 Å². The van der Waals surface area contributed by atoms with Crippen LogP contribution in [-0.4, -0.2) is 29.1 Å². The van der Waals surface area contributed by atoms with E-state index >= 15 is 0 Å². The third kappa shape index (κ3) is 3.52. The molecule has 0 unspecified atom stereocenters. The first kappa shape index (κ1) is 15.5. The van der Waals surface area contributed by atoms with Gasteiger partial charge in [-0.05, 0) is 31.2 Å². The summed E-state index contributed by atoms with van der Waals surface area (Å²) < 4.78 is 4.95. The first-order valence-electron chi connectivity index (χ1n) is 8.12. The molecule has 0 radical (unpaired) electrons. The zero-order valence-electron chi connectivity index (χ0n) is 13.6. The number of aromatic nitrogens is 2. The Bertz CT molecular complexity index is 675. The number of hydrogen-bond donors (Lipinski definition) is 1. The minimum atomic E-state index is -0.203. The number of carbonyl (C=O) groups excluding carboxylic acids is 1. The second kappa shape index (κ2) is 6.81. The van der Waals surface area contributed by atoms with Crippen molar-refractivity contribution in [3.8, 4) is 0 Å². The van der Waals surface area contributed by atoms with E-state index in [9.17, 15) is 4.79 Å². The summed E-state index contributed by atoms with van der Waals surface area (Å²) in [4.78, 5) is 19.1. The fourth-order valence-electron chi connectivity index (χ4n) is 2.82. The normalized spacial score (nSPS) is 15.0. The molecule has 1 aliphatic rings. The van der Waals surface area contributed by atoms with Gasteiger partial charge in [-0.3, -0.25) is 4.79 Å². The van der Waals surface area contributed by atoms with Gasteiger partial charge in [0.05, 0.1) is 5.69 Å². The van der Waals surface area contributed by atoms with Gasteiger partial charge in [-0.15, -0.1) is 0 Å². The van der Waals surface area contributed by atoms with Gasteiger partial charge < -0.3 is 14.7 Å². The highest BCUT2D eigenvalue weighted by molar-refractivity contribution is 6.05. The van der Waals surface area contributed by atoms with E-state index in [1.807, 2.05) is 19.9 Å². The van der Waals surface area contributed by atoms with Crippen molar-refractivity contribution in [2.75, 3.05) is 23.3 Å². The number of nitrogens with one attached hydrogen (secondary N) is 1. The lowest BCUT2D eigenvalue weighted by Crippen LogP contribution is -2.30. The summed E-state index contributed by atoms with van der Waals surface area (Å²) in [6.07, 6.45) is 6.79. The fourth-order valence-corrected chi connectivity index (χ4v) is 2.82. The third-order valence-corrected chi connectivity index (χ3v) is 4.07. The van der Waals surface area contributed by atoms with Crippen molar-refractivity contribution >= 4 is 17.4 Å². The van der Waals surface area contributed by atoms with Crippen LogP contribution in [0.5, 0.6) is 0 Å². The van der Waals surface area contributed by atoms with Crippen molar-refractivity contribution < 1.29 is 9.32 Å². The molecule has 0 bridgehead atoms. The lowest BCUT2D eigenvalue weighted by atomic mass is 10.1. The predicted octanol–water partition coefficient (Wildman–Crippen LogP) is 3.44. The molecule has 1 N–H and O–H groups in total. The number of hydrogen-bond acceptors (Lipinski definition) is 5. The Balaban J connectivity index is 1.74. The van der Waals surface area contributed by atoms with Gasteiger partial charge in [-0.1, -0.05) is 19.0 Å². The Morgan fingerprint density at radius 2 is 2.09 bits per heavy atom. The number of rotatable bonds is 4. The maximum atomic E-state index is 12.4. The molecule has 3 rings (SSSR count). The van der Waals surface area contributed by atoms with Crippen LogP contribution in [0.4, 0.5) is 11.5 Å². The maximum absolute atomic E-state index is 12.4. The Morgan fingerprint density at radius 1 is 1.30 bits per heavy atom. The summed E-state index contributed by atoms with van der Waals surface area (Å²) in [5, 5.41) is 6.83. The molecule has 2 aromatic rings. The van der Waals surface area contributed by atoms with E-state index in [2.05, 4.69) is 20.4 Å². The standard InChI is InChI=1S/C17H22N4O2/c1-12(2)16-14(11-23-20-16)17(22)19-13-6-7-18-15(10-13)21-8-4-3-5-9-21/h6-7,10-12H,3-5,8-9H2,1-2H3,(H,18,19,22). The Hall–Kier alpha value is -2.37. The minimum Gasteiger partial charge on any atom is -0.364 e. The second-order valence-electron chi connectivity index (χ2n) is 6.17. The molecule has 2 aromatic heterocycles. The zero-order chi connectivity index (χ0) is 16.2. The van der Waals surface area contributed by atoms with E-state index in [4.69, 9.17) is 4.52 Å². The van der Waals surface area contributed by atoms with Crippen LogP contribution < -0.4 is 10.2 Å². The van der Waals surface area contributed by atoms with Gasteiger partial charge in [0.15, 0.2) is 0 Å². The Morgan fingerprint density at radius 3 is 2.83 bits per heavy atom. The Kier molecular flexibility index (Phi) is 4.60.